The molecule has 1 aromatic rings. The fraction of sp³-hybridized carbons (Fsp3) is 0.300. The zero-order chi connectivity index (χ0) is 9.42. The third kappa shape index (κ3) is 1.46. The summed E-state index contributed by atoms with van der Waals surface area (Å²) in [6, 6.07) is 1.92. The second kappa shape index (κ2) is 2.91. The summed E-state index contributed by atoms with van der Waals surface area (Å²) in [6.07, 6.45) is 2.30. The van der Waals surface area contributed by atoms with Crippen molar-refractivity contribution in [3.05, 3.63) is 34.9 Å². The van der Waals surface area contributed by atoms with E-state index in [1.165, 1.54) is 0 Å². The standard InChI is InChI=1S/C10H8F2O/c11-8-3-7(5-13)10(6-1-2-6)9(12)4-8/h3-6H,1-2H2. The number of hydrogen-bond acceptors (Lipinski definition) is 1. The van der Waals surface area contributed by atoms with Crippen molar-refractivity contribution >= 4 is 6.29 Å². The van der Waals surface area contributed by atoms with E-state index in [-0.39, 0.29) is 11.5 Å². The van der Waals surface area contributed by atoms with Gasteiger partial charge in [0.05, 0.1) is 0 Å². The normalized spacial score (nSPS) is 15.8. The summed E-state index contributed by atoms with van der Waals surface area (Å²) in [5.41, 5.74) is 0.538. The average Bonchev–Trinajstić information content (AvgIpc) is 2.86. The van der Waals surface area contributed by atoms with Crippen LogP contribution in [0.3, 0.4) is 0 Å². The summed E-state index contributed by atoms with van der Waals surface area (Å²) in [6.45, 7) is 0. The number of carbonyl (C=O) groups excluding carboxylic acids is 1. The highest BCUT2D eigenvalue weighted by Gasteiger charge is 2.29. The van der Waals surface area contributed by atoms with Gasteiger partial charge in [-0.25, -0.2) is 8.78 Å². The van der Waals surface area contributed by atoms with Crippen LogP contribution >= 0.6 is 0 Å². The highest BCUT2D eigenvalue weighted by atomic mass is 19.1. The van der Waals surface area contributed by atoms with Crippen molar-refractivity contribution in [1.82, 2.24) is 0 Å². The minimum absolute atomic E-state index is 0.126. The average molecular weight is 182 g/mol. The van der Waals surface area contributed by atoms with Gasteiger partial charge in [-0.05, 0) is 24.8 Å². The monoisotopic (exact) mass is 182 g/mol. The molecule has 0 aromatic heterocycles. The summed E-state index contributed by atoms with van der Waals surface area (Å²) >= 11 is 0. The van der Waals surface area contributed by atoms with Gasteiger partial charge in [0, 0.05) is 17.2 Å². The second-order valence-electron chi connectivity index (χ2n) is 3.28. The van der Waals surface area contributed by atoms with Gasteiger partial charge in [-0.15, -0.1) is 0 Å². The quantitative estimate of drug-likeness (QED) is 0.642. The van der Waals surface area contributed by atoms with Crippen LogP contribution in [0.5, 0.6) is 0 Å². The van der Waals surface area contributed by atoms with Gasteiger partial charge in [-0.3, -0.25) is 4.79 Å². The largest absolute Gasteiger partial charge is 0.298 e. The van der Waals surface area contributed by atoms with Gasteiger partial charge < -0.3 is 0 Å². The van der Waals surface area contributed by atoms with Crippen molar-refractivity contribution in [3.63, 3.8) is 0 Å². The Balaban J connectivity index is 2.56. The zero-order valence-corrected chi connectivity index (χ0v) is 6.89. The van der Waals surface area contributed by atoms with E-state index in [4.69, 9.17) is 0 Å². The van der Waals surface area contributed by atoms with Crippen molar-refractivity contribution in [2.45, 2.75) is 18.8 Å². The van der Waals surface area contributed by atoms with Crippen molar-refractivity contribution in [1.29, 1.82) is 0 Å². The molecule has 0 heterocycles. The molecule has 68 valence electrons. The van der Waals surface area contributed by atoms with E-state index in [0.29, 0.717) is 11.8 Å². The Labute approximate surface area is 74.4 Å². The molecular formula is C10H8F2O. The molecule has 0 unspecified atom stereocenters. The molecule has 0 radical (unpaired) electrons. The summed E-state index contributed by atoms with van der Waals surface area (Å²) in [7, 11) is 0. The van der Waals surface area contributed by atoms with E-state index < -0.39 is 11.6 Å². The predicted octanol–water partition coefficient (Wildman–Crippen LogP) is 2.65. The third-order valence-corrected chi connectivity index (χ3v) is 2.24. The van der Waals surface area contributed by atoms with Gasteiger partial charge in [0.25, 0.3) is 0 Å². The van der Waals surface area contributed by atoms with E-state index >= 15 is 0 Å². The molecule has 2 rings (SSSR count). The first-order chi connectivity index (χ1) is 6.22. The molecule has 0 saturated heterocycles. The minimum Gasteiger partial charge on any atom is -0.298 e. The fourth-order valence-corrected chi connectivity index (χ4v) is 1.50. The van der Waals surface area contributed by atoms with Crippen LogP contribution in [-0.4, -0.2) is 6.29 Å². The van der Waals surface area contributed by atoms with Crippen molar-refractivity contribution in [2.24, 2.45) is 0 Å². The van der Waals surface area contributed by atoms with E-state index in [1.54, 1.807) is 0 Å². The molecule has 0 bridgehead atoms. The van der Waals surface area contributed by atoms with Crippen molar-refractivity contribution in [3.8, 4) is 0 Å². The predicted molar refractivity (Wildman–Crippen MR) is 43.7 cm³/mol. The fourth-order valence-electron chi connectivity index (χ4n) is 1.50. The van der Waals surface area contributed by atoms with Gasteiger partial charge in [0.1, 0.15) is 11.6 Å². The van der Waals surface area contributed by atoms with Crippen molar-refractivity contribution in [2.75, 3.05) is 0 Å². The first-order valence-electron chi connectivity index (χ1n) is 4.16. The molecule has 0 N–H and O–H groups in total. The Morgan fingerprint density at radius 1 is 1.31 bits per heavy atom. The molecule has 1 nitrogen and oxygen atoms in total. The first-order valence-corrected chi connectivity index (χ1v) is 4.16. The molecular weight excluding hydrogens is 174 g/mol. The molecule has 13 heavy (non-hydrogen) atoms. The Kier molecular flexibility index (Phi) is 1.87. The number of aldehydes is 1. The van der Waals surface area contributed by atoms with E-state index in [2.05, 4.69) is 0 Å². The van der Waals surface area contributed by atoms with E-state index in [9.17, 15) is 13.6 Å². The lowest BCUT2D eigenvalue weighted by molar-refractivity contribution is 0.112. The van der Waals surface area contributed by atoms with Crippen LogP contribution in [0.15, 0.2) is 12.1 Å². The van der Waals surface area contributed by atoms with Gasteiger partial charge in [-0.2, -0.15) is 0 Å². The van der Waals surface area contributed by atoms with Crippen LogP contribution in [0.2, 0.25) is 0 Å². The Morgan fingerprint density at radius 3 is 2.54 bits per heavy atom. The molecule has 1 aromatic carbocycles. The van der Waals surface area contributed by atoms with Gasteiger partial charge in [0.2, 0.25) is 0 Å². The Bertz CT molecular complexity index is 356. The lowest BCUT2D eigenvalue weighted by atomic mass is 10.0. The topological polar surface area (TPSA) is 17.1 Å². The van der Waals surface area contributed by atoms with E-state index in [0.717, 1.165) is 25.0 Å². The summed E-state index contributed by atoms with van der Waals surface area (Å²) in [4.78, 5) is 10.5. The maximum Gasteiger partial charge on any atom is 0.150 e. The maximum absolute atomic E-state index is 13.2. The summed E-state index contributed by atoms with van der Waals surface area (Å²) in [5, 5.41) is 0. The molecule has 1 fully saturated rings. The van der Waals surface area contributed by atoms with Crippen LogP contribution in [0.25, 0.3) is 0 Å². The molecule has 1 aliphatic carbocycles. The molecule has 0 atom stereocenters. The van der Waals surface area contributed by atoms with Crippen LogP contribution in [0.1, 0.15) is 34.7 Å². The summed E-state index contributed by atoms with van der Waals surface area (Å²) in [5.74, 6) is -1.16. The van der Waals surface area contributed by atoms with Crippen LogP contribution in [-0.2, 0) is 0 Å². The number of rotatable bonds is 2. The number of halogens is 2. The molecule has 1 saturated carbocycles. The SMILES string of the molecule is O=Cc1cc(F)cc(F)c1C1CC1. The Morgan fingerprint density at radius 2 is 2.00 bits per heavy atom. The Hall–Kier alpha value is -1.25. The van der Waals surface area contributed by atoms with Crippen LogP contribution in [0, 0.1) is 11.6 Å². The van der Waals surface area contributed by atoms with Crippen LogP contribution in [0.4, 0.5) is 8.78 Å². The van der Waals surface area contributed by atoms with Gasteiger partial charge >= 0.3 is 0 Å². The van der Waals surface area contributed by atoms with Crippen molar-refractivity contribution < 1.29 is 13.6 Å². The zero-order valence-electron chi connectivity index (χ0n) is 6.89. The summed E-state index contributed by atoms with van der Waals surface area (Å²) < 4.78 is 25.9. The number of carbonyl (C=O) groups is 1. The highest BCUT2D eigenvalue weighted by Crippen LogP contribution is 2.42. The number of benzene rings is 1. The third-order valence-electron chi connectivity index (χ3n) is 2.24. The van der Waals surface area contributed by atoms with Gasteiger partial charge in [0.15, 0.2) is 6.29 Å². The smallest absolute Gasteiger partial charge is 0.150 e. The van der Waals surface area contributed by atoms with Gasteiger partial charge in [-0.1, -0.05) is 0 Å². The maximum atomic E-state index is 13.2. The highest BCUT2D eigenvalue weighted by molar-refractivity contribution is 5.78. The second-order valence-corrected chi connectivity index (χ2v) is 3.28. The van der Waals surface area contributed by atoms with Crippen LogP contribution < -0.4 is 0 Å². The lowest BCUT2D eigenvalue weighted by Gasteiger charge is -2.04. The molecule has 1 aliphatic rings. The molecule has 0 amide bonds. The molecule has 0 aliphatic heterocycles. The van der Waals surface area contributed by atoms with E-state index in [1.807, 2.05) is 0 Å². The first kappa shape index (κ1) is 8.35. The number of hydrogen-bond donors (Lipinski definition) is 0. The minimum atomic E-state index is -0.691. The molecule has 3 heteroatoms. The lowest BCUT2D eigenvalue weighted by Crippen LogP contribution is -1.96. The molecule has 0 spiro atoms.